The molecule has 1 N–H and O–H groups in total. The van der Waals surface area contributed by atoms with E-state index >= 15 is 0 Å². The molecule has 0 radical (unpaired) electrons. The Morgan fingerprint density at radius 3 is 2.36 bits per heavy atom. The van der Waals surface area contributed by atoms with E-state index < -0.39 is 16.1 Å². The number of carbonyl (C=O) groups is 1. The van der Waals surface area contributed by atoms with Crippen LogP contribution in [0, 0.1) is 13.8 Å². The van der Waals surface area contributed by atoms with Gasteiger partial charge in [0.2, 0.25) is 0 Å². The lowest BCUT2D eigenvalue weighted by Gasteiger charge is -2.14. The number of hydrogen-bond donors (Lipinski definition) is 1. The van der Waals surface area contributed by atoms with Crippen molar-refractivity contribution in [2.75, 3.05) is 6.26 Å². The van der Waals surface area contributed by atoms with E-state index in [1.165, 1.54) is 0 Å². The maximum atomic E-state index is 11.8. The molecule has 0 saturated carbocycles. The molecule has 0 amide bonds. The number of esters is 1. The Morgan fingerprint density at radius 1 is 1.18 bits per heavy atom. The van der Waals surface area contributed by atoms with Gasteiger partial charge in [0.25, 0.3) is 0 Å². The maximum absolute atomic E-state index is 11.8. The number of aromatic hydroxyl groups is 1. The average Bonchev–Trinajstić information content (AvgIpc) is 2.78. The summed E-state index contributed by atoms with van der Waals surface area (Å²) < 4.78 is 33.1. The van der Waals surface area contributed by atoms with Gasteiger partial charge in [-0.3, -0.25) is 0 Å². The molecule has 2 aromatic carbocycles. The van der Waals surface area contributed by atoms with Crippen LogP contribution in [0.4, 0.5) is 0 Å². The summed E-state index contributed by atoms with van der Waals surface area (Å²) in [5, 5.41) is 11.2. The predicted molar refractivity (Wildman–Crippen MR) is 79.7 cm³/mol. The molecule has 116 valence electrons. The fourth-order valence-corrected chi connectivity index (χ4v) is 3.06. The molecule has 0 spiro atoms. The van der Waals surface area contributed by atoms with E-state index in [0.717, 1.165) is 17.4 Å². The first-order chi connectivity index (χ1) is 10.2. The summed E-state index contributed by atoms with van der Waals surface area (Å²) in [7, 11) is -3.79. The first-order valence-corrected chi connectivity index (χ1v) is 8.36. The van der Waals surface area contributed by atoms with Crippen molar-refractivity contribution in [1.82, 2.24) is 0 Å². The molecule has 0 unspecified atom stereocenters. The number of rotatable bonds is 2. The van der Waals surface area contributed by atoms with Crippen LogP contribution in [0.15, 0.2) is 12.1 Å². The van der Waals surface area contributed by atoms with E-state index in [0.29, 0.717) is 10.8 Å². The second-order valence-corrected chi connectivity index (χ2v) is 6.95. The highest BCUT2D eigenvalue weighted by molar-refractivity contribution is 7.86. The largest absolute Gasteiger partial charge is 0.506 e. The molecule has 0 bridgehead atoms. The highest BCUT2D eigenvalue weighted by Gasteiger charge is 2.33. The fraction of sp³-hybridized carbons (Fsp3) is 0.267. The first kappa shape index (κ1) is 14.6. The zero-order valence-electron chi connectivity index (χ0n) is 12.3. The number of ether oxygens (including phenoxy) is 1. The van der Waals surface area contributed by atoms with E-state index in [2.05, 4.69) is 0 Å². The normalized spacial score (nSPS) is 14.0. The van der Waals surface area contributed by atoms with Gasteiger partial charge in [-0.1, -0.05) is 0 Å². The molecule has 6 nitrogen and oxygen atoms in total. The Labute approximate surface area is 127 Å². The highest BCUT2D eigenvalue weighted by Crippen LogP contribution is 2.44. The van der Waals surface area contributed by atoms with Crippen molar-refractivity contribution in [1.29, 1.82) is 0 Å². The number of phenolic OH excluding ortho intramolecular Hbond substituents is 1. The molecule has 0 atom stereocenters. The van der Waals surface area contributed by atoms with E-state index in [1.54, 1.807) is 12.1 Å². The molecular weight excluding hydrogens is 308 g/mol. The molecule has 0 aliphatic carbocycles. The standard InChI is InChI=1S/C15H14O6S/c1-7-4-9-10(5-8(7)2)14(21-22(3,18)19)11-6-20-15(17)12(11)13(9)16/h4-5,16H,6H2,1-3H3. The van der Waals surface area contributed by atoms with Gasteiger partial charge in [-0.2, -0.15) is 8.42 Å². The van der Waals surface area contributed by atoms with Gasteiger partial charge < -0.3 is 14.0 Å². The molecule has 1 aliphatic heterocycles. The van der Waals surface area contributed by atoms with Crippen molar-refractivity contribution >= 4 is 26.9 Å². The quantitative estimate of drug-likeness (QED) is 0.673. The maximum Gasteiger partial charge on any atom is 0.342 e. The van der Waals surface area contributed by atoms with Gasteiger partial charge in [-0.15, -0.1) is 0 Å². The van der Waals surface area contributed by atoms with Gasteiger partial charge in [0, 0.05) is 10.8 Å². The van der Waals surface area contributed by atoms with E-state index in [-0.39, 0.29) is 29.2 Å². The zero-order valence-corrected chi connectivity index (χ0v) is 13.1. The predicted octanol–water partition coefficient (Wildman–Crippen LogP) is 2.17. The van der Waals surface area contributed by atoms with Crippen molar-refractivity contribution in [3.8, 4) is 11.5 Å². The van der Waals surface area contributed by atoms with Crippen molar-refractivity contribution in [2.45, 2.75) is 20.5 Å². The topological polar surface area (TPSA) is 89.9 Å². The fourth-order valence-electron chi connectivity index (χ4n) is 2.57. The summed E-state index contributed by atoms with van der Waals surface area (Å²) in [6.45, 7) is 3.59. The first-order valence-electron chi connectivity index (χ1n) is 6.54. The monoisotopic (exact) mass is 322 g/mol. The van der Waals surface area contributed by atoms with Crippen molar-refractivity contribution < 1.29 is 27.2 Å². The van der Waals surface area contributed by atoms with Gasteiger partial charge in [-0.25, -0.2) is 4.79 Å². The van der Waals surface area contributed by atoms with Gasteiger partial charge >= 0.3 is 16.1 Å². The molecular formula is C15H14O6S. The smallest absolute Gasteiger partial charge is 0.342 e. The number of aryl methyl sites for hydroxylation is 2. The minimum atomic E-state index is -3.79. The zero-order chi connectivity index (χ0) is 16.2. The van der Waals surface area contributed by atoms with E-state index in [9.17, 15) is 18.3 Å². The summed E-state index contributed by atoms with van der Waals surface area (Å²) in [5.41, 5.74) is 2.04. The summed E-state index contributed by atoms with van der Waals surface area (Å²) in [6, 6.07) is 3.43. The second kappa shape index (κ2) is 4.61. The molecule has 7 heteroatoms. The minimum absolute atomic E-state index is 0.0330. The Bertz CT molecular complexity index is 927. The lowest BCUT2D eigenvalue weighted by Crippen LogP contribution is -2.09. The summed E-state index contributed by atoms with van der Waals surface area (Å²) in [6.07, 6.45) is 0.927. The van der Waals surface area contributed by atoms with Crippen LogP contribution in [0.5, 0.6) is 11.5 Å². The number of benzene rings is 2. The van der Waals surface area contributed by atoms with Crippen molar-refractivity contribution in [2.24, 2.45) is 0 Å². The van der Waals surface area contributed by atoms with Gasteiger partial charge in [0.05, 0.1) is 11.8 Å². The lowest BCUT2D eigenvalue weighted by molar-refractivity contribution is 0.0533. The van der Waals surface area contributed by atoms with E-state index in [4.69, 9.17) is 8.92 Å². The van der Waals surface area contributed by atoms with Gasteiger partial charge in [0.1, 0.15) is 17.9 Å². The van der Waals surface area contributed by atoms with Crippen molar-refractivity contribution in [3.63, 3.8) is 0 Å². The Morgan fingerprint density at radius 2 is 1.77 bits per heavy atom. The van der Waals surface area contributed by atoms with Gasteiger partial charge in [0.15, 0.2) is 5.75 Å². The van der Waals surface area contributed by atoms with Crippen LogP contribution < -0.4 is 4.18 Å². The third kappa shape index (κ3) is 2.18. The Kier molecular flexibility index (Phi) is 3.07. The molecule has 3 rings (SSSR count). The van der Waals surface area contributed by atoms with E-state index in [1.807, 2.05) is 13.8 Å². The number of hydrogen-bond acceptors (Lipinski definition) is 6. The van der Waals surface area contributed by atoms with Crippen LogP contribution in [-0.4, -0.2) is 25.7 Å². The molecule has 0 saturated heterocycles. The molecule has 1 aliphatic rings. The number of cyclic esters (lactones) is 1. The van der Waals surface area contributed by atoms with Crippen LogP contribution in [0.25, 0.3) is 10.8 Å². The van der Waals surface area contributed by atoms with Crippen LogP contribution in [0.2, 0.25) is 0 Å². The molecule has 0 fully saturated rings. The SMILES string of the molecule is Cc1cc2c(O)c3c(c(OS(C)(=O)=O)c2cc1C)COC3=O. The van der Waals surface area contributed by atoms with Crippen LogP contribution >= 0.6 is 0 Å². The summed E-state index contributed by atoms with van der Waals surface area (Å²) >= 11 is 0. The number of fused-ring (bicyclic) bond motifs is 2. The van der Waals surface area contributed by atoms with Crippen molar-refractivity contribution in [3.05, 3.63) is 34.4 Å². The lowest BCUT2D eigenvalue weighted by atomic mass is 9.96. The third-order valence-corrected chi connectivity index (χ3v) is 4.20. The van der Waals surface area contributed by atoms with Crippen LogP contribution in [-0.2, 0) is 21.5 Å². The number of carbonyl (C=O) groups excluding carboxylic acids is 1. The Balaban J connectivity index is 2.48. The second-order valence-electron chi connectivity index (χ2n) is 5.38. The van der Waals surface area contributed by atoms with Crippen LogP contribution in [0.1, 0.15) is 27.0 Å². The van der Waals surface area contributed by atoms with Crippen LogP contribution in [0.3, 0.4) is 0 Å². The summed E-state index contributed by atoms with van der Waals surface area (Å²) in [4.78, 5) is 11.8. The number of phenols is 1. The third-order valence-electron chi connectivity index (χ3n) is 3.73. The van der Waals surface area contributed by atoms with Gasteiger partial charge in [-0.05, 0) is 37.1 Å². The Hall–Kier alpha value is -2.28. The average molecular weight is 322 g/mol. The highest BCUT2D eigenvalue weighted by atomic mass is 32.2. The molecule has 2 aromatic rings. The summed E-state index contributed by atoms with van der Waals surface area (Å²) in [5.74, 6) is -0.860. The molecule has 22 heavy (non-hydrogen) atoms. The minimum Gasteiger partial charge on any atom is -0.506 e. The molecule has 0 aromatic heterocycles. The molecule has 1 heterocycles.